The van der Waals surface area contributed by atoms with E-state index in [1.807, 2.05) is 24.3 Å². The molecule has 2 aromatic carbocycles. The average molecular weight is 363 g/mol. The fraction of sp³-hybridized carbons (Fsp3) is 0.400. The lowest BCUT2D eigenvalue weighted by molar-refractivity contribution is 0.198. The number of rotatable bonds is 7. The van der Waals surface area contributed by atoms with Gasteiger partial charge >= 0.3 is 0 Å². The Morgan fingerprint density at radius 1 is 1.08 bits per heavy atom. The fourth-order valence-electron chi connectivity index (χ4n) is 3.32. The molecule has 4 nitrogen and oxygen atoms in total. The van der Waals surface area contributed by atoms with Crippen LogP contribution in [-0.2, 0) is 0 Å². The van der Waals surface area contributed by atoms with E-state index >= 15 is 0 Å². The van der Waals surface area contributed by atoms with Crippen molar-refractivity contribution in [2.45, 2.75) is 30.7 Å². The second-order valence-electron chi connectivity index (χ2n) is 6.80. The molecule has 1 saturated carbocycles. The van der Waals surface area contributed by atoms with Crippen molar-refractivity contribution in [2.75, 3.05) is 19.8 Å². The molecule has 2 atom stereocenters. The van der Waals surface area contributed by atoms with E-state index < -0.39 is 17.2 Å². The third kappa shape index (κ3) is 4.51. The molecule has 0 unspecified atom stereocenters. The predicted molar refractivity (Wildman–Crippen MR) is 94.4 cm³/mol. The number of ether oxygens (including phenoxy) is 2. The minimum atomic E-state index is -0.732. The first-order chi connectivity index (χ1) is 12.5. The zero-order chi connectivity index (χ0) is 18.6. The summed E-state index contributed by atoms with van der Waals surface area (Å²) in [6, 6.07) is 10.9. The molecule has 0 heterocycles. The van der Waals surface area contributed by atoms with Crippen molar-refractivity contribution in [1.82, 2.24) is 0 Å². The molecule has 0 spiro atoms. The van der Waals surface area contributed by atoms with Crippen LogP contribution in [0.15, 0.2) is 42.5 Å². The van der Waals surface area contributed by atoms with Crippen LogP contribution in [0.5, 0.6) is 11.5 Å². The maximum atomic E-state index is 13.4. The van der Waals surface area contributed by atoms with E-state index in [2.05, 4.69) is 0 Å². The zero-order valence-corrected chi connectivity index (χ0v) is 14.5. The Morgan fingerprint density at radius 2 is 1.81 bits per heavy atom. The van der Waals surface area contributed by atoms with E-state index in [4.69, 9.17) is 15.2 Å². The summed E-state index contributed by atoms with van der Waals surface area (Å²) in [5.74, 6) is -0.327. The minimum absolute atomic E-state index is 0.000678. The van der Waals surface area contributed by atoms with Crippen molar-refractivity contribution in [3.63, 3.8) is 0 Å². The molecular formula is C20H23F2NO3. The van der Waals surface area contributed by atoms with Gasteiger partial charge < -0.3 is 20.3 Å². The van der Waals surface area contributed by atoms with E-state index in [0.717, 1.165) is 31.4 Å². The van der Waals surface area contributed by atoms with Gasteiger partial charge in [0.15, 0.2) is 11.6 Å². The van der Waals surface area contributed by atoms with Crippen molar-refractivity contribution in [2.24, 2.45) is 5.73 Å². The van der Waals surface area contributed by atoms with Crippen LogP contribution in [0.2, 0.25) is 0 Å². The maximum absolute atomic E-state index is 13.4. The van der Waals surface area contributed by atoms with E-state index in [0.29, 0.717) is 11.7 Å². The summed E-state index contributed by atoms with van der Waals surface area (Å²) in [6.07, 6.45) is 2.57. The van der Waals surface area contributed by atoms with Crippen LogP contribution < -0.4 is 15.2 Å². The molecule has 140 valence electrons. The van der Waals surface area contributed by atoms with Crippen molar-refractivity contribution < 1.29 is 23.4 Å². The molecular weight excluding hydrogens is 340 g/mol. The van der Waals surface area contributed by atoms with E-state index in [9.17, 15) is 13.9 Å². The number of halogens is 2. The first-order valence-corrected chi connectivity index (χ1v) is 8.69. The minimum Gasteiger partial charge on any atom is -0.490 e. The number of aliphatic hydroxyl groups excluding tert-OH is 1. The molecule has 1 aliphatic carbocycles. The molecule has 1 aliphatic rings. The average Bonchev–Trinajstić information content (AvgIpc) is 3.04. The van der Waals surface area contributed by atoms with Gasteiger partial charge in [-0.15, -0.1) is 0 Å². The van der Waals surface area contributed by atoms with Gasteiger partial charge in [0.05, 0.1) is 6.61 Å². The van der Waals surface area contributed by atoms with Crippen LogP contribution in [0.1, 0.15) is 30.7 Å². The van der Waals surface area contributed by atoms with Gasteiger partial charge in [0.1, 0.15) is 24.8 Å². The van der Waals surface area contributed by atoms with Crippen LogP contribution in [0.25, 0.3) is 0 Å². The van der Waals surface area contributed by atoms with Gasteiger partial charge in [-0.3, -0.25) is 0 Å². The molecule has 0 amide bonds. The number of hydrogen-bond donors (Lipinski definition) is 2. The standard InChI is InChI=1S/C20H23F2NO3/c21-16-3-6-19(18(22)11-16)26-10-9-25-17-4-1-14(2-5-17)15-7-8-20(23,12-15)13-24/h1-6,11,15,24H,7-10,12-13,23H2/t15-,20+/m1/s1. The van der Waals surface area contributed by atoms with E-state index in [1.54, 1.807) is 0 Å². The van der Waals surface area contributed by atoms with Crippen LogP contribution >= 0.6 is 0 Å². The Kier molecular flexibility index (Phi) is 5.74. The van der Waals surface area contributed by atoms with Gasteiger partial charge in [0.25, 0.3) is 0 Å². The zero-order valence-electron chi connectivity index (χ0n) is 14.5. The third-order valence-corrected chi connectivity index (χ3v) is 4.81. The quantitative estimate of drug-likeness (QED) is 0.740. The maximum Gasteiger partial charge on any atom is 0.167 e. The van der Waals surface area contributed by atoms with Crippen molar-refractivity contribution >= 4 is 0 Å². The normalized spacial score (nSPS) is 22.4. The van der Waals surface area contributed by atoms with E-state index in [-0.39, 0.29) is 25.6 Å². The van der Waals surface area contributed by atoms with Crippen molar-refractivity contribution in [3.8, 4) is 11.5 Å². The molecule has 1 fully saturated rings. The van der Waals surface area contributed by atoms with Crippen LogP contribution in [-0.4, -0.2) is 30.5 Å². The van der Waals surface area contributed by atoms with Gasteiger partial charge in [-0.1, -0.05) is 12.1 Å². The van der Waals surface area contributed by atoms with E-state index in [1.165, 1.54) is 11.6 Å². The summed E-state index contributed by atoms with van der Waals surface area (Å²) >= 11 is 0. The molecule has 0 radical (unpaired) electrons. The lowest BCUT2D eigenvalue weighted by Crippen LogP contribution is -2.40. The molecule has 26 heavy (non-hydrogen) atoms. The highest BCUT2D eigenvalue weighted by atomic mass is 19.1. The Hall–Kier alpha value is -2.18. The molecule has 6 heteroatoms. The molecule has 3 rings (SSSR count). The largest absolute Gasteiger partial charge is 0.490 e. The second kappa shape index (κ2) is 8.01. The summed E-state index contributed by atoms with van der Waals surface area (Å²) in [6.45, 7) is 0.411. The lowest BCUT2D eigenvalue weighted by atomic mass is 9.94. The van der Waals surface area contributed by atoms with Crippen molar-refractivity contribution in [1.29, 1.82) is 0 Å². The number of benzene rings is 2. The summed E-state index contributed by atoms with van der Waals surface area (Å²) in [5, 5.41) is 9.37. The highest BCUT2D eigenvalue weighted by molar-refractivity contribution is 5.31. The SMILES string of the molecule is N[C@@]1(CO)CC[C@@H](c2ccc(OCCOc3ccc(F)cc3F)cc2)C1. The van der Waals surface area contributed by atoms with Crippen LogP contribution in [0.3, 0.4) is 0 Å². The molecule has 0 aliphatic heterocycles. The fourth-order valence-corrected chi connectivity index (χ4v) is 3.32. The molecule has 0 saturated heterocycles. The second-order valence-corrected chi connectivity index (χ2v) is 6.80. The monoisotopic (exact) mass is 363 g/mol. The smallest absolute Gasteiger partial charge is 0.167 e. The number of aliphatic hydroxyl groups is 1. The first kappa shape index (κ1) is 18.6. The number of nitrogens with two attached hydrogens (primary N) is 1. The predicted octanol–water partition coefficient (Wildman–Crippen LogP) is 3.38. The highest BCUT2D eigenvalue weighted by Gasteiger charge is 2.35. The Morgan fingerprint density at radius 3 is 2.46 bits per heavy atom. The van der Waals surface area contributed by atoms with Gasteiger partial charge in [-0.25, -0.2) is 8.78 Å². The summed E-state index contributed by atoms with van der Waals surface area (Å²) in [4.78, 5) is 0. The highest BCUT2D eigenvalue weighted by Crippen LogP contribution is 2.39. The Balaban J connectivity index is 1.46. The first-order valence-electron chi connectivity index (χ1n) is 8.69. The molecule has 0 bridgehead atoms. The Bertz CT molecular complexity index is 738. The summed E-state index contributed by atoms with van der Waals surface area (Å²) in [5.41, 5.74) is 6.85. The molecule has 3 N–H and O–H groups in total. The number of hydrogen-bond acceptors (Lipinski definition) is 4. The lowest BCUT2D eigenvalue weighted by Gasteiger charge is -2.21. The Labute approximate surface area is 151 Å². The summed E-state index contributed by atoms with van der Waals surface area (Å²) in [7, 11) is 0. The molecule has 0 aromatic heterocycles. The van der Waals surface area contributed by atoms with Crippen LogP contribution in [0, 0.1) is 11.6 Å². The third-order valence-electron chi connectivity index (χ3n) is 4.81. The van der Waals surface area contributed by atoms with Crippen LogP contribution in [0.4, 0.5) is 8.78 Å². The van der Waals surface area contributed by atoms with Gasteiger partial charge in [-0.05, 0) is 55.0 Å². The van der Waals surface area contributed by atoms with Gasteiger partial charge in [-0.2, -0.15) is 0 Å². The molecule has 2 aromatic rings. The van der Waals surface area contributed by atoms with Gasteiger partial charge in [0, 0.05) is 11.6 Å². The van der Waals surface area contributed by atoms with Crippen molar-refractivity contribution in [3.05, 3.63) is 59.7 Å². The summed E-state index contributed by atoms with van der Waals surface area (Å²) < 4.78 is 37.1. The topological polar surface area (TPSA) is 64.7 Å². The van der Waals surface area contributed by atoms with Gasteiger partial charge in [0.2, 0.25) is 0 Å².